The first-order valence-corrected chi connectivity index (χ1v) is 9.36. The Balaban J connectivity index is 1.88. The lowest BCUT2D eigenvalue weighted by atomic mass is 10.1. The number of carbonyl (C=O) groups excluding carboxylic acids is 2. The number of benzene rings is 2. The van der Waals surface area contributed by atoms with E-state index >= 15 is 0 Å². The molecule has 0 spiro atoms. The Morgan fingerprint density at radius 3 is 2.41 bits per heavy atom. The fraction of sp³-hybridized carbons (Fsp3) is 0.333. The van der Waals surface area contributed by atoms with Crippen LogP contribution in [-0.4, -0.2) is 37.0 Å². The number of hydrogen-bond donors (Lipinski definition) is 0. The normalized spacial score (nSPS) is 15.1. The minimum absolute atomic E-state index is 0.192. The summed E-state index contributed by atoms with van der Waals surface area (Å²) >= 11 is 6.02. The van der Waals surface area contributed by atoms with Crippen LogP contribution in [0.4, 0.5) is 0 Å². The maximum atomic E-state index is 13.1. The minimum Gasteiger partial charge on any atom is -0.496 e. The summed E-state index contributed by atoms with van der Waals surface area (Å²) in [6.07, 6.45) is 2.03. The number of nitrogens with zero attached hydrogens (tertiary/aromatic N) is 1. The number of piperidine rings is 1. The van der Waals surface area contributed by atoms with E-state index in [0.29, 0.717) is 29.4 Å². The van der Waals surface area contributed by atoms with Crippen LogP contribution in [0.3, 0.4) is 0 Å². The third-order valence-corrected chi connectivity index (χ3v) is 4.84. The Hall–Kier alpha value is -2.53. The van der Waals surface area contributed by atoms with E-state index in [1.54, 1.807) is 29.2 Å². The Kier molecular flexibility index (Phi) is 6.35. The summed E-state index contributed by atoms with van der Waals surface area (Å²) in [5.41, 5.74) is 0.833. The van der Waals surface area contributed by atoms with Crippen LogP contribution in [-0.2, 0) is 9.53 Å². The SMILES string of the molecule is COc1ccc(Cl)cc1C(=O)O[C@H](C(=O)N1CCCCC1)c1ccccc1. The number of rotatable bonds is 5. The molecule has 0 radical (unpaired) electrons. The van der Waals surface area contributed by atoms with Crippen LogP contribution in [0.25, 0.3) is 0 Å². The highest BCUT2D eigenvalue weighted by atomic mass is 35.5. The predicted octanol–water partition coefficient (Wildman–Crippen LogP) is 4.26. The van der Waals surface area contributed by atoms with Crippen LogP contribution >= 0.6 is 11.6 Å². The largest absolute Gasteiger partial charge is 0.496 e. The van der Waals surface area contributed by atoms with E-state index in [1.165, 1.54) is 13.2 Å². The van der Waals surface area contributed by atoms with Crippen molar-refractivity contribution in [2.45, 2.75) is 25.4 Å². The van der Waals surface area contributed by atoms with Gasteiger partial charge in [-0.1, -0.05) is 41.9 Å². The van der Waals surface area contributed by atoms with Crippen molar-refractivity contribution in [3.8, 4) is 5.75 Å². The Morgan fingerprint density at radius 2 is 1.74 bits per heavy atom. The molecule has 2 aromatic rings. The molecule has 1 aliphatic heterocycles. The Labute approximate surface area is 163 Å². The van der Waals surface area contributed by atoms with Crippen LogP contribution in [0.1, 0.15) is 41.3 Å². The average Bonchev–Trinajstić information content (AvgIpc) is 2.72. The zero-order valence-electron chi connectivity index (χ0n) is 15.2. The third kappa shape index (κ3) is 4.61. The number of ether oxygens (including phenoxy) is 2. The van der Waals surface area contributed by atoms with Gasteiger partial charge in [-0.15, -0.1) is 0 Å². The quantitative estimate of drug-likeness (QED) is 0.719. The van der Waals surface area contributed by atoms with Gasteiger partial charge in [-0.25, -0.2) is 4.79 Å². The van der Waals surface area contributed by atoms with Gasteiger partial charge >= 0.3 is 5.97 Å². The number of hydrogen-bond acceptors (Lipinski definition) is 4. The van der Waals surface area contributed by atoms with E-state index in [9.17, 15) is 9.59 Å². The summed E-state index contributed by atoms with van der Waals surface area (Å²) in [4.78, 5) is 27.7. The first-order chi connectivity index (χ1) is 13.1. The first kappa shape index (κ1) is 19.2. The van der Waals surface area contributed by atoms with E-state index in [0.717, 1.165) is 19.3 Å². The second kappa shape index (κ2) is 8.91. The van der Waals surface area contributed by atoms with Crippen molar-refractivity contribution >= 4 is 23.5 Å². The molecule has 5 nitrogen and oxygen atoms in total. The summed E-state index contributed by atoms with van der Waals surface area (Å²) in [7, 11) is 1.47. The lowest BCUT2D eigenvalue weighted by Gasteiger charge is -2.30. The standard InChI is InChI=1S/C21H22ClNO4/c1-26-18-11-10-16(22)14-17(18)21(25)27-19(15-8-4-2-5-9-15)20(24)23-12-6-3-7-13-23/h2,4-5,8-11,14,19H,3,6-7,12-13H2,1H3/t19-/m0/s1. The maximum Gasteiger partial charge on any atom is 0.343 e. The van der Waals surface area contributed by atoms with Gasteiger partial charge < -0.3 is 14.4 Å². The number of carbonyl (C=O) groups is 2. The highest BCUT2D eigenvalue weighted by Gasteiger charge is 2.31. The van der Waals surface area contributed by atoms with E-state index in [-0.39, 0.29) is 11.5 Å². The molecule has 0 bridgehead atoms. The zero-order valence-corrected chi connectivity index (χ0v) is 15.9. The molecule has 2 aromatic carbocycles. The summed E-state index contributed by atoms with van der Waals surface area (Å²) in [5, 5.41) is 0.390. The Bertz CT molecular complexity index is 803. The molecule has 6 heteroatoms. The monoisotopic (exact) mass is 387 g/mol. The van der Waals surface area contributed by atoms with Gasteiger partial charge in [0.05, 0.1) is 7.11 Å². The molecule has 1 atom stereocenters. The molecule has 142 valence electrons. The van der Waals surface area contributed by atoms with Crippen molar-refractivity contribution < 1.29 is 19.1 Å². The molecule has 1 heterocycles. The molecule has 1 aliphatic rings. The lowest BCUT2D eigenvalue weighted by Crippen LogP contribution is -2.40. The van der Waals surface area contributed by atoms with Crippen LogP contribution in [0.5, 0.6) is 5.75 Å². The second-order valence-corrected chi connectivity index (χ2v) is 6.86. The van der Waals surface area contributed by atoms with Gasteiger partial charge in [0.15, 0.2) is 0 Å². The molecular weight excluding hydrogens is 366 g/mol. The molecule has 0 unspecified atom stereocenters. The molecule has 1 saturated heterocycles. The van der Waals surface area contributed by atoms with Gasteiger partial charge in [-0.05, 0) is 37.5 Å². The van der Waals surface area contributed by atoms with Crippen molar-refractivity contribution in [1.82, 2.24) is 4.90 Å². The molecular formula is C21H22ClNO4. The maximum absolute atomic E-state index is 13.1. The molecule has 27 heavy (non-hydrogen) atoms. The van der Waals surface area contributed by atoms with Crippen LogP contribution in [0.15, 0.2) is 48.5 Å². The van der Waals surface area contributed by atoms with Gasteiger partial charge in [0, 0.05) is 23.7 Å². The van der Waals surface area contributed by atoms with E-state index in [2.05, 4.69) is 0 Å². The van der Waals surface area contributed by atoms with Crippen LogP contribution in [0, 0.1) is 0 Å². The van der Waals surface area contributed by atoms with E-state index in [1.807, 2.05) is 18.2 Å². The van der Waals surface area contributed by atoms with E-state index < -0.39 is 12.1 Å². The van der Waals surface area contributed by atoms with Crippen molar-refractivity contribution in [2.24, 2.45) is 0 Å². The van der Waals surface area contributed by atoms with Crippen LogP contribution < -0.4 is 4.74 Å². The van der Waals surface area contributed by atoms with Crippen molar-refractivity contribution in [2.75, 3.05) is 20.2 Å². The molecule has 0 saturated carbocycles. The number of esters is 1. The lowest BCUT2D eigenvalue weighted by molar-refractivity contribution is -0.142. The third-order valence-electron chi connectivity index (χ3n) is 4.60. The van der Waals surface area contributed by atoms with Crippen molar-refractivity contribution in [1.29, 1.82) is 0 Å². The molecule has 0 aliphatic carbocycles. The topological polar surface area (TPSA) is 55.8 Å². The number of halogens is 1. The predicted molar refractivity (Wildman–Crippen MR) is 103 cm³/mol. The first-order valence-electron chi connectivity index (χ1n) is 8.98. The average molecular weight is 388 g/mol. The fourth-order valence-corrected chi connectivity index (χ4v) is 3.35. The van der Waals surface area contributed by atoms with Crippen LogP contribution in [0.2, 0.25) is 5.02 Å². The number of likely N-dealkylation sites (tertiary alicyclic amines) is 1. The van der Waals surface area contributed by atoms with Gasteiger partial charge in [0.2, 0.25) is 6.10 Å². The number of amides is 1. The smallest absolute Gasteiger partial charge is 0.343 e. The van der Waals surface area contributed by atoms with Gasteiger partial charge in [-0.2, -0.15) is 0 Å². The summed E-state index contributed by atoms with van der Waals surface area (Å²) < 4.78 is 10.9. The Morgan fingerprint density at radius 1 is 1.04 bits per heavy atom. The van der Waals surface area contributed by atoms with Gasteiger partial charge in [-0.3, -0.25) is 4.79 Å². The molecule has 1 fully saturated rings. The summed E-state index contributed by atoms with van der Waals surface area (Å²) in [5.74, 6) is -0.495. The fourth-order valence-electron chi connectivity index (χ4n) is 3.18. The second-order valence-electron chi connectivity index (χ2n) is 6.43. The highest BCUT2D eigenvalue weighted by molar-refractivity contribution is 6.31. The van der Waals surface area contributed by atoms with Gasteiger partial charge in [0.1, 0.15) is 11.3 Å². The zero-order chi connectivity index (χ0) is 19.2. The molecule has 3 rings (SSSR count). The van der Waals surface area contributed by atoms with Crippen molar-refractivity contribution in [3.05, 3.63) is 64.7 Å². The minimum atomic E-state index is -1.000. The highest BCUT2D eigenvalue weighted by Crippen LogP contribution is 2.28. The molecule has 0 aromatic heterocycles. The van der Waals surface area contributed by atoms with Gasteiger partial charge in [0.25, 0.3) is 5.91 Å². The summed E-state index contributed by atoms with van der Waals surface area (Å²) in [6, 6.07) is 13.8. The summed E-state index contributed by atoms with van der Waals surface area (Å²) in [6.45, 7) is 1.36. The number of methoxy groups -OCH3 is 1. The molecule has 1 amide bonds. The van der Waals surface area contributed by atoms with E-state index in [4.69, 9.17) is 21.1 Å². The molecule has 0 N–H and O–H groups in total. The van der Waals surface area contributed by atoms with Crippen molar-refractivity contribution in [3.63, 3.8) is 0 Å².